The molecule has 1 aliphatic rings. The van der Waals surface area contributed by atoms with Crippen molar-refractivity contribution in [2.24, 2.45) is 0 Å². The number of carbonyl (C=O) groups excluding carboxylic acids is 1. The van der Waals surface area contributed by atoms with Gasteiger partial charge in [-0.25, -0.2) is 9.97 Å². The normalized spacial score (nSPS) is 15.8. The number of benzene rings is 1. The Balaban J connectivity index is 1.69. The van der Waals surface area contributed by atoms with Crippen LogP contribution in [-0.2, 0) is 11.0 Å². The molecule has 0 spiro atoms. The summed E-state index contributed by atoms with van der Waals surface area (Å²) >= 11 is 0. The van der Waals surface area contributed by atoms with Crippen LogP contribution in [-0.4, -0.2) is 46.0 Å². The van der Waals surface area contributed by atoms with E-state index in [4.69, 9.17) is 4.74 Å². The molecule has 1 fully saturated rings. The van der Waals surface area contributed by atoms with Gasteiger partial charge < -0.3 is 15.0 Å². The molecule has 2 aromatic heterocycles. The Morgan fingerprint density at radius 3 is 2.51 bits per heavy atom. The molecule has 1 aliphatic heterocycles. The highest BCUT2D eigenvalue weighted by Crippen LogP contribution is 2.37. The molecule has 4 rings (SSSR count). The Hall–Kier alpha value is -3.43. The van der Waals surface area contributed by atoms with Crippen molar-refractivity contribution in [1.82, 2.24) is 19.9 Å². The molecule has 1 amide bonds. The van der Waals surface area contributed by atoms with Crippen LogP contribution in [0.5, 0.6) is 5.88 Å². The van der Waals surface area contributed by atoms with Gasteiger partial charge in [0.2, 0.25) is 11.8 Å². The van der Waals surface area contributed by atoms with Crippen LogP contribution < -0.4 is 10.1 Å². The summed E-state index contributed by atoms with van der Waals surface area (Å²) in [6.07, 6.45) is -2.86. The highest BCUT2D eigenvalue weighted by molar-refractivity contribution is 5.88. The van der Waals surface area contributed by atoms with Crippen molar-refractivity contribution in [3.05, 3.63) is 52.8 Å². The van der Waals surface area contributed by atoms with Gasteiger partial charge in [0.15, 0.2) is 5.65 Å². The summed E-state index contributed by atoms with van der Waals surface area (Å²) in [5, 5.41) is 3.92. The SMILES string of the molecule is COc1nc2nc(C)nc(N[C@H](C)c3cccc(C(F)(F)F)c3)c2cc1C1CCN(C(C)=O)CC1. The first-order valence-electron chi connectivity index (χ1n) is 11.5. The summed E-state index contributed by atoms with van der Waals surface area (Å²) < 4.78 is 45.2. The number of anilines is 1. The fourth-order valence-electron chi connectivity index (χ4n) is 4.51. The number of nitrogens with one attached hydrogen (secondary N) is 1. The van der Waals surface area contributed by atoms with Crippen molar-refractivity contribution in [3.63, 3.8) is 0 Å². The van der Waals surface area contributed by atoms with Crippen molar-refractivity contribution < 1.29 is 22.7 Å². The highest BCUT2D eigenvalue weighted by atomic mass is 19.4. The molecule has 1 atom stereocenters. The predicted octanol–water partition coefficient (Wildman–Crippen LogP) is 5.26. The largest absolute Gasteiger partial charge is 0.481 e. The number of pyridine rings is 1. The van der Waals surface area contributed by atoms with E-state index in [1.807, 2.05) is 11.0 Å². The molecule has 3 aromatic rings. The molecule has 35 heavy (non-hydrogen) atoms. The number of carbonyl (C=O) groups is 1. The molecule has 10 heteroatoms. The third kappa shape index (κ3) is 5.31. The number of nitrogens with zero attached hydrogens (tertiary/aromatic N) is 4. The van der Waals surface area contributed by atoms with Crippen molar-refractivity contribution in [3.8, 4) is 5.88 Å². The van der Waals surface area contributed by atoms with E-state index in [-0.39, 0.29) is 11.8 Å². The van der Waals surface area contributed by atoms with E-state index >= 15 is 0 Å². The zero-order chi connectivity index (χ0) is 25.3. The van der Waals surface area contributed by atoms with Gasteiger partial charge in [0, 0.05) is 31.6 Å². The first-order valence-corrected chi connectivity index (χ1v) is 11.5. The van der Waals surface area contributed by atoms with Crippen LogP contribution in [0.25, 0.3) is 11.0 Å². The minimum absolute atomic E-state index is 0.0611. The molecule has 1 N–H and O–H groups in total. The molecule has 1 aromatic carbocycles. The Kier molecular flexibility index (Phi) is 6.82. The monoisotopic (exact) mass is 487 g/mol. The predicted molar refractivity (Wildman–Crippen MR) is 126 cm³/mol. The number of hydrogen-bond donors (Lipinski definition) is 1. The van der Waals surface area contributed by atoms with Crippen molar-refractivity contribution in [2.45, 2.75) is 51.7 Å². The van der Waals surface area contributed by atoms with E-state index in [2.05, 4.69) is 20.3 Å². The lowest BCUT2D eigenvalue weighted by Crippen LogP contribution is -2.36. The quantitative estimate of drug-likeness (QED) is 0.529. The summed E-state index contributed by atoms with van der Waals surface area (Å²) in [5.41, 5.74) is 1.14. The van der Waals surface area contributed by atoms with Crippen LogP contribution in [0.2, 0.25) is 0 Å². The summed E-state index contributed by atoms with van der Waals surface area (Å²) in [5.74, 6) is 1.66. The Labute approximate surface area is 201 Å². The average Bonchev–Trinajstić information content (AvgIpc) is 2.82. The lowest BCUT2D eigenvalue weighted by molar-refractivity contribution is -0.137. The Morgan fingerprint density at radius 1 is 1.17 bits per heavy atom. The Morgan fingerprint density at radius 2 is 1.89 bits per heavy atom. The number of aromatic nitrogens is 3. The van der Waals surface area contributed by atoms with E-state index in [1.165, 1.54) is 6.07 Å². The van der Waals surface area contributed by atoms with E-state index in [0.29, 0.717) is 47.2 Å². The molecule has 0 radical (unpaired) electrons. The smallest absolute Gasteiger partial charge is 0.416 e. The van der Waals surface area contributed by atoms with Crippen LogP contribution in [0.1, 0.15) is 61.2 Å². The highest BCUT2D eigenvalue weighted by Gasteiger charge is 2.31. The molecule has 0 bridgehead atoms. The molecule has 0 unspecified atom stereocenters. The van der Waals surface area contributed by atoms with Gasteiger partial charge in [-0.1, -0.05) is 12.1 Å². The van der Waals surface area contributed by atoms with Gasteiger partial charge in [0.25, 0.3) is 0 Å². The molecule has 186 valence electrons. The lowest BCUT2D eigenvalue weighted by atomic mass is 9.89. The zero-order valence-electron chi connectivity index (χ0n) is 20.1. The van der Waals surface area contributed by atoms with Crippen molar-refractivity contribution in [2.75, 3.05) is 25.5 Å². The number of aryl methyl sites for hydroxylation is 1. The number of alkyl halides is 3. The molecule has 0 aliphatic carbocycles. The summed E-state index contributed by atoms with van der Waals surface area (Å²) in [7, 11) is 1.56. The van der Waals surface area contributed by atoms with Gasteiger partial charge in [0.1, 0.15) is 11.6 Å². The standard InChI is InChI=1S/C25H28F3N5O2/c1-14(18-6-5-7-19(12-18)25(26,27)28)29-22-21-13-20(17-8-10-33(11-9-17)16(3)34)24(35-4)32-23(21)31-15(2)30-22/h5-7,12-14,17H,8-11H2,1-4H3,(H,29,30,31,32)/t14-/m1/s1. The fraction of sp³-hybridized carbons (Fsp3) is 0.440. The molecule has 3 heterocycles. The van der Waals surface area contributed by atoms with Crippen LogP contribution >= 0.6 is 0 Å². The van der Waals surface area contributed by atoms with Gasteiger partial charge in [0.05, 0.1) is 18.1 Å². The molecular weight excluding hydrogens is 459 g/mol. The summed E-state index contributed by atoms with van der Waals surface area (Å²) in [6, 6.07) is 6.76. The number of likely N-dealkylation sites (tertiary alicyclic amines) is 1. The van der Waals surface area contributed by atoms with Crippen LogP contribution in [0.3, 0.4) is 0 Å². The van der Waals surface area contributed by atoms with Gasteiger partial charge in [-0.2, -0.15) is 18.2 Å². The van der Waals surface area contributed by atoms with Gasteiger partial charge in [-0.05, 0) is 56.4 Å². The number of piperidine rings is 1. The molecule has 1 saturated heterocycles. The van der Waals surface area contributed by atoms with E-state index in [1.54, 1.807) is 33.9 Å². The van der Waals surface area contributed by atoms with Crippen molar-refractivity contribution >= 4 is 22.8 Å². The van der Waals surface area contributed by atoms with Gasteiger partial charge in [-0.15, -0.1) is 0 Å². The minimum atomic E-state index is -4.42. The van der Waals surface area contributed by atoms with Crippen molar-refractivity contribution in [1.29, 1.82) is 0 Å². The Bertz CT molecular complexity index is 1240. The van der Waals surface area contributed by atoms with E-state index in [9.17, 15) is 18.0 Å². The molecular formula is C25H28F3N5O2. The number of halogens is 3. The number of ether oxygens (including phenoxy) is 1. The fourth-order valence-corrected chi connectivity index (χ4v) is 4.51. The second kappa shape index (κ2) is 9.67. The lowest BCUT2D eigenvalue weighted by Gasteiger charge is -2.32. The van der Waals surface area contributed by atoms with Gasteiger partial charge in [-0.3, -0.25) is 4.79 Å². The van der Waals surface area contributed by atoms with Crippen LogP contribution in [0, 0.1) is 6.92 Å². The topological polar surface area (TPSA) is 80.2 Å². The number of amides is 1. The molecule has 7 nitrogen and oxygen atoms in total. The van der Waals surface area contributed by atoms with E-state index in [0.717, 1.165) is 30.5 Å². The van der Waals surface area contributed by atoms with E-state index < -0.39 is 17.8 Å². The first-order chi connectivity index (χ1) is 16.6. The first kappa shape index (κ1) is 24.7. The number of rotatable bonds is 5. The van der Waals surface area contributed by atoms with Crippen LogP contribution in [0.4, 0.5) is 19.0 Å². The van der Waals surface area contributed by atoms with Crippen LogP contribution in [0.15, 0.2) is 30.3 Å². The maximum Gasteiger partial charge on any atom is 0.416 e. The van der Waals surface area contributed by atoms with Gasteiger partial charge >= 0.3 is 6.18 Å². The second-order valence-corrected chi connectivity index (χ2v) is 8.85. The third-order valence-electron chi connectivity index (χ3n) is 6.43. The number of fused-ring (bicyclic) bond motifs is 1. The maximum atomic E-state index is 13.2. The zero-order valence-corrected chi connectivity index (χ0v) is 20.1. The maximum absolute atomic E-state index is 13.2. The number of methoxy groups -OCH3 is 1. The minimum Gasteiger partial charge on any atom is -0.481 e. The molecule has 0 saturated carbocycles. The summed E-state index contributed by atoms with van der Waals surface area (Å²) in [6.45, 7) is 6.40. The second-order valence-electron chi connectivity index (χ2n) is 8.85. The number of hydrogen-bond acceptors (Lipinski definition) is 6. The summed E-state index contributed by atoms with van der Waals surface area (Å²) in [4.78, 5) is 27.2. The average molecular weight is 488 g/mol. The third-order valence-corrected chi connectivity index (χ3v) is 6.43.